The monoisotopic (exact) mass is 418 g/mol. The zero-order valence-electron chi connectivity index (χ0n) is 21.0. The van der Waals surface area contributed by atoms with Crippen molar-refractivity contribution < 1.29 is 9.59 Å². The average Bonchev–Trinajstić information content (AvgIpc) is 2.74. The lowest BCUT2D eigenvalue weighted by atomic mass is 9.50. The number of rotatable bonds is 4. The smallest absolute Gasteiger partial charge is 0.161 e. The molecule has 5 atom stereocenters. The number of Topliss-reactive ketones (excluding diaryl/α,β-unsaturated/α-hetero) is 1. The van der Waals surface area contributed by atoms with Crippen LogP contribution >= 0.6 is 0 Å². The van der Waals surface area contributed by atoms with Crippen LogP contribution in [-0.2, 0) is 9.59 Å². The molecular weight excluding hydrogens is 368 g/mol. The number of allylic oxidation sites excluding steroid dienone is 2. The summed E-state index contributed by atoms with van der Waals surface area (Å²) in [6, 6.07) is 0. The lowest BCUT2D eigenvalue weighted by Crippen LogP contribution is -2.48. The van der Waals surface area contributed by atoms with E-state index in [-0.39, 0.29) is 11.3 Å². The SMILES string of the molecule is C=C1CCC2C(CCC3C2CCCC3(C)CC=O)C1=O.C=CCCC.CC.CCC. The maximum absolute atomic E-state index is 12.4. The molecule has 3 fully saturated rings. The molecule has 0 aromatic rings. The van der Waals surface area contributed by atoms with Crippen molar-refractivity contribution in [3.8, 4) is 0 Å². The van der Waals surface area contributed by atoms with Crippen molar-refractivity contribution in [2.75, 3.05) is 0 Å². The first-order valence-electron chi connectivity index (χ1n) is 12.7. The van der Waals surface area contributed by atoms with Gasteiger partial charge in [-0.15, -0.1) is 6.58 Å². The molecule has 3 aliphatic rings. The fraction of sp³-hybridized carbons (Fsp3) is 0.786. The van der Waals surface area contributed by atoms with Gasteiger partial charge in [-0.2, -0.15) is 0 Å². The van der Waals surface area contributed by atoms with Crippen molar-refractivity contribution in [2.45, 2.75) is 112 Å². The first-order valence-corrected chi connectivity index (χ1v) is 12.7. The molecule has 0 heterocycles. The second-order valence-corrected chi connectivity index (χ2v) is 9.33. The Morgan fingerprint density at radius 2 is 1.70 bits per heavy atom. The maximum atomic E-state index is 12.4. The minimum absolute atomic E-state index is 0.188. The van der Waals surface area contributed by atoms with Gasteiger partial charge in [0.05, 0.1) is 0 Å². The molecule has 0 aliphatic heterocycles. The van der Waals surface area contributed by atoms with Crippen LogP contribution < -0.4 is 0 Å². The largest absolute Gasteiger partial charge is 0.303 e. The molecule has 0 radical (unpaired) electrons. The van der Waals surface area contributed by atoms with Gasteiger partial charge in [0.2, 0.25) is 0 Å². The first-order chi connectivity index (χ1) is 14.4. The Morgan fingerprint density at radius 3 is 2.20 bits per heavy atom. The van der Waals surface area contributed by atoms with Crippen LogP contribution in [0.25, 0.3) is 0 Å². The number of ketones is 1. The average molecular weight is 419 g/mol. The van der Waals surface area contributed by atoms with Crippen LogP contribution in [0.3, 0.4) is 0 Å². The highest BCUT2D eigenvalue weighted by molar-refractivity contribution is 5.97. The summed E-state index contributed by atoms with van der Waals surface area (Å²) >= 11 is 0. The zero-order chi connectivity index (χ0) is 23.2. The minimum atomic E-state index is 0.188. The molecule has 3 saturated carbocycles. The highest BCUT2D eigenvalue weighted by Gasteiger charge is 2.51. The third-order valence-electron chi connectivity index (χ3n) is 7.06. The predicted octanol–water partition coefficient (Wildman–Crippen LogP) is 8.36. The van der Waals surface area contributed by atoms with Crippen molar-refractivity contribution in [1.29, 1.82) is 0 Å². The summed E-state index contributed by atoms with van der Waals surface area (Å²) in [4.78, 5) is 23.4. The molecule has 0 bridgehead atoms. The second kappa shape index (κ2) is 15.6. The highest BCUT2D eigenvalue weighted by Crippen LogP contribution is 2.57. The lowest BCUT2D eigenvalue weighted by molar-refractivity contribution is -0.131. The topological polar surface area (TPSA) is 34.1 Å². The van der Waals surface area contributed by atoms with Gasteiger partial charge in [0.25, 0.3) is 0 Å². The van der Waals surface area contributed by atoms with Crippen LogP contribution in [0.1, 0.15) is 112 Å². The van der Waals surface area contributed by atoms with Crippen LogP contribution in [0, 0.1) is 29.1 Å². The van der Waals surface area contributed by atoms with Crippen molar-refractivity contribution in [1.82, 2.24) is 0 Å². The molecule has 0 spiro atoms. The summed E-state index contributed by atoms with van der Waals surface area (Å²) in [6.07, 6.45) is 15.3. The van der Waals surface area contributed by atoms with E-state index < -0.39 is 0 Å². The molecule has 3 aliphatic carbocycles. The highest BCUT2D eigenvalue weighted by atomic mass is 16.1. The molecule has 5 unspecified atom stereocenters. The van der Waals surface area contributed by atoms with Crippen LogP contribution in [-0.4, -0.2) is 12.1 Å². The van der Waals surface area contributed by atoms with Gasteiger partial charge in [0, 0.05) is 12.3 Å². The van der Waals surface area contributed by atoms with E-state index in [1.165, 1.54) is 32.1 Å². The molecule has 0 aromatic heterocycles. The van der Waals surface area contributed by atoms with Gasteiger partial charge in [0.1, 0.15) is 6.29 Å². The van der Waals surface area contributed by atoms with Crippen LogP contribution in [0.2, 0.25) is 0 Å². The van der Waals surface area contributed by atoms with Crippen LogP contribution in [0.4, 0.5) is 0 Å². The molecule has 0 saturated heterocycles. The molecule has 0 aromatic carbocycles. The van der Waals surface area contributed by atoms with Gasteiger partial charge >= 0.3 is 0 Å². The van der Waals surface area contributed by atoms with E-state index in [0.29, 0.717) is 30.0 Å². The number of hydrogen-bond donors (Lipinski definition) is 0. The third-order valence-corrected chi connectivity index (χ3v) is 7.06. The molecule has 0 N–H and O–H groups in total. The normalized spacial score (nSPS) is 31.8. The Bertz CT molecular complexity index is 521. The Hall–Kier alpha value is -1.18. The third kappa shape index (κ3) is 7.82. The van der Waals surface area contributed by atoms with E-state index in [1.54, 1.807) is 0 Å². The Morgan fingerprint density at radius 1 is 1.07 bits per heavy atom. The van der Waals surface area contributed by atoms with Crippen molar-refractivity contribution in [2.24, 2.45) is 29.1 Å². The summed E-state index contributed by atoms with van der Waals surface area (Å²) in [5.41, 5.74) is 1.05. The lowest BCUT2D eigenvalue weighted by Gasteiger charge is -2.54. The van der Waals surface area contributed by atoms with E-state index >= 15 is 0 Å². The van der Waals surface area contributed by atoms with Crippen molar-refractivity contribution >= 4 is 12.1 Å². The van der Waals surface area contributed by atoms with E-state index in [0.717, 1.165) is 44.0 Å². The van der Waals surface area contributed by atoms with Crippen LogP contribution in [0.15, 0.2) is 24.8 Å². The Kier molecular flexibility index (Phi) is 15.0. The quantitative estimate of drug-likeness (QED) is 0.261. The van der Waals surface area contributed by atoms with Crippen molar-refractivity contribution in [3.63, 3.8) is 0 Å². The summed E-state index contributed by atoms with van der Waals surface area (Å²) in [5.74, 6) is 2.49. The number of fused-ring (bicyclic) bond motifs is 3. The Balaban J connectivity index is 0.000000716. The van der Waals surface area contributed by atoms with Gasteiger partial charge in [-0.3, -0.25) is 4.79 Å². The number of carbonyl (C=O) groups excluding carboxylic acids is 2. The maximum Gasteiger partial charge on any atom is 0.161 e. The van der Waals surface area contributed by atoms with Gasteiger partial charge in [-0.1, -0.05) is 73.5 Å². The number of aldehydes is 1. The standard InChI is InChI=1S/C18H26O2.C5H10.C3H8.C2H6/c1-12-5-6-13-14-4-3-9-18(2,10-11-19)16(14)8-7-15(13)17(12)20;1-3-5-4-2;1-3-2;1-2/h11,13-16H,1,3-10H2,2H3;3H,1,4-5H2,2H3;3H2,1-2H3;1-2H3. The fourth-order valence-electron chi connectivity index (χ4n) is 5.71. The molecule has 0 amide bonds. The summed E-state index contributed by atoms with van der Waals surface area (Å²) in [6.45, 7) is 20.2. The fourth-order valence-corrected chi connectivity index (χ4v) is 5.71. The second-order valence-electron chi connectivity index (χ2n) is 9.33. The van der Waals surface area contributed by atoms with Gasteiger partial charge < -0.3 is 4.79 Å². The molecular formula is C28H50O2. The van der Waals surface area contributed by atoms with E-state index in [2.05, 4.69) is 40.9 Å². The summed E-state index contributed by atoms with van der Waals surface area (Å²) < 4.78 is 0. The molecule has 2 nitrogen and oxygen atoms in total. The van der Waals surface area contributed by atoms with E-state index in [4.69, 9.17) is 0 Å². The minimum Gasteiger partial charge on any atom is -0.303 e. The number of hydrogen-bond acceptors (Lipinski definition) is 2. The van der Waals surface area contributed by atoms with Crippen LogP contribution in [0.5, 0.6) is 0 Å². The Labute approximate surface area is 188 Å². The van der Waals surface area contributed by atoms with Gasteiger partial charge in [-0.25, -0.2) is 0 Å². The zero-order valence-corrected chi connectivity index (χ0v) is 21.0. The molecule has 3 rings (SSSR count). The van der Waals surface area contributed by atoms with Gasteiger partial charge in [-0.05, 0) is 73.7 Å². The number of carbonyl (C=O) groups is 2. The molecule has 30 heavy (non-hydrogen) atoms. The first kappa shape index (κ1) is 28.8. The predicted molar refractivity (Wildman–Crippen MR) is 132 cm³/mol. The van der Waals surface area contributed by atoms with Crippen molar-refractivity contribution in [3.05, 3.63) is 24.8 Å². The van der Waals surface area contributed by atoms with Gasteiger partial charge in [0.15, 0.2) is 5.78 Å². The summed E-state index contributed by atoms with van der Waals surface area (Å²) in [5, 5.41) is 0. The van der Waals surface area contributed by atoms with E-state index in [9.17, 15) is 9.59 Å². The van der Waals surface area contributed by atoms with E-state index in [1.807, 2.05) is 19.9 Å². The summed E-state index contributed by atoms with van der Waals surface area (Å²) in [7, 11) is 0. The number of unbranched alkanes of at least 4 members (excludes halogenated alkanes) is 1. The molecule has 174 valence electrons. The molecule has 2 heteroatoms.